The molecule has 1 aromatic carbocycles. The molecule has 0 fully saturated rings. The first kappa shape index (κ1) is 17.1. The minimum atomic E-state index is -3.68. The molecule has 9 heteroatoms. The first-order valence-corrected chi connectivity index (χ1v) is 7.64. The summed E-state index contributed by atoms with van der Waals surface area (Å²) in [5.41, 5.74) is 5.99. The van der Waals surface area contributed by atoms with Gasteiger partial charge in [0.15, 0.2) is 0 Å². The van der Waals surface area contributed by atoms with Crippen molar-refractivity contribution >= 4 is 21.7 Å². The molecule has 0 radical (unpaired) electrons. The summed E-state index contributed by atoms with van der Waals surface area (Å²) in [6.07, 6.45) is 0. The third-order valence-electron chi connectivity index (χ3n) is 2.61. The lowest BCUT2D eigenvalue weighted by Gasteiger charge is -2.13. The first-order valence-electron chi connectivity index (χ1n) is 6.16. The summed E-state index contributed by atoms with van der Waals surface area (Å²) in [6, 6.07) is 3.90. The van der Waals surface area contributed by atoms with E-state index in [4.69, 9.17) is 10.5 Å². The molecule has 0 saturated heterocycles. The quantitative estimate of drug-likeness (QED) is 0.498. The summed E-state index contributed by atoms with van der Waals surface area (Å²) < 4.78 is 31.5. The fourth-order valence-electron chi connectivity index (χ4n) is 1.45. The van der Waals surface area contributed by atoms with Crippen molar-refractivity contribution in [3.63, 3.8) is 0 Å². The molecule has 1 aromatic rings. The van der Waals surface area contributed by atoms with Gasteiger partial charge >= 0.3 is 6.03 Å². The second-order valence-corrected chi connectivity index (χ2v) is 6.19. The highest BCUT2D eigenvalue weighted by Gasteiger charge is 2.15. The van der Waals surface area contributed by atoms with Crippen molar-refractivity contribution < 1.29 is 17.9 Å². The van der Waals surface area contributed by atoms with Gasteiger partial charge in [-0.1, -0.05) is 0 Å². The topological polar surface area (TPSA) is 114 Å². The molecule has 0 unspecified atom stereocenters. The van der Waals surface area contributed by atoms with Crippen molar-refractivity contribution in [2.45, 2.75) is 4.90 Å². The highest BCUT2D eigenvalue weighted by Crippen LogP contribution is 2.24. The van der Waals surface area contributed by atoms with E-state index in [0.29, 0.717) is 11.4 Å². The summed E-state index contributed by atoms with van der Waals surface area (Å²) in [5.74, 6) is 0.291. The predicted octanol–water partition coefficient (Wildman–Crippen LogP) is -0.173. The van der Waals surface area contributed by atoms with Gasteiger partial charge in [0.2, 0.25) is 10.0 Å². The molecular formula is C12H20N4O4S. The number of nitrogens with two attached hydrogens (primary N) is 1. The zero-order valence-electron chi connectivity index (χ0n) is 12.2. The Bertz CT molecular complexity index is 601. The van der Waals surface area contributed by atoms with Crippen LogP contribution in [0.1, 0.15) is 0 Å². The van der Waals surface area contributed by atoms with E-state index >= 15 is 0 Å². The number of nitrogens with one attached hydrogen (secondary N) is 2. The van der Waals surface area contributed by atoms with E-state index in [1.165, 1.54) is 30.2 Å². The summed E-state index contributed by atoms with van der Waals surface area (Å²) >= 11 is 0. The number of ether oxygens (including phenoxy) is 1. The minimum absolute atomic E-state index is 0.0486. The van der Waals surface area contributed by atoms with Crippen LogP contribution in [0.2, 0.25) is 0 Å². The van der Waals surface area contributed by atoms with Gasteiger partial charge in [-0.05, 0) is 12.1 Å². The van der Waals surface area contributed by atoms with Crippen molar-refractivity contribution in [3.8, 4) is 5.75 Å². The monoisotopic (exact) mass is 316 g/mol. The lowest BCUT2D eigenvalue weighted by Crippen LogP contribution is -2.39. The maximum absolute atomic E-state index is 12.1. The number of benzene rings is 1. The van der Waals surface area contributed by atoms with Gasteiger partial charge in [-0.2, -0.15) is 0 Å². The van der Waals surface area contributed by atoms with E-state index in [1.54, 1.807) is 14.1 Å². The standard InChI is InChI=1S/C12H20N4O4S/c1-16(2)12(17)14-6-7-15-21(18,19)9-4-5-10(13)11(8-9)20-3/h4-5,8,15H,6-7,13H2,1-3H3,(H,14,17). The molecule has 0 saturated carbocycles. The summed E-state index contributed by atoms with van der Waals surface area (Å²) in [7, 11) is 0.925. The predicted molar refractivity (Wildman–Crippen MR) is 79.7 cm³/mol. The van der Waals surface area contributed by atoms with E-state index in [-0.39, 0.29) is 24.0 Å². The van der Waals surface area contributed by atoms with E-state index in [0.717, 1.165) is 0 Å². The van der Waals surface area contributed by atoms with Gasteiger partial charge in [0.1, 0.15) is 5.75 Å². The Labute approximate surface area is 124 Å². The molecule has 2 amide bonds. The van der Waals surface area contributed by atoms with Gasteiger partial charge in [-0.3, -0.25) is 0 Å². The van der Waals surface area contributed by atoms with Gasteiger partial charge in [0.05, 0.1) is 17.7 Å². The summed E-state index contributed by atoms with van der Waals surface area (Å²) in [6.45, 7) is 0.261. The van der Waals surface area contributed by atoms with Crippen LogP contribution >= 0.6 is 0 Å². The molecule has 0 heterocycles. The third kappa shape index (κ3) is 4.80. The van der Waals surface area contributed by atoms with Gasteiger partial charge in [-0.25, -0.2) is 17.9 Å². The van der Waals surface area contributed by atoms with E-state index < -0.39 is 10.0 Å². The van der Waals surface area contributed by atoms with E-state index in [1.807, 2.05) is 0 Å². The van der Waals surface area contributed by atoms with Crippen molar-refractivity contribution in [2.75, 3.05) is 40.0 Å². The zero-order valence-corrected chi connectivity index (χ0v) is 13.0. The number of nitrogens with zero attached hydrogens (tertiary/aromatic N) is 1. The number of amides is 2. The van der Waals surface area contributed by atoms with E-state index in [9.17, 15) is 13.2 Å². The van der Waals surface area contributed by atoms with Crippen LogP contribution in [-0.4, -0.2) is 53.6 Å². The number of carbonyl (C=O) groups is 1. The van der Waals surface area contributed by atoms with Gasteiger partial charge in [0, 0.05) is 33.3 Å². The molecule has 0 aliphatic heterocycles. The maximum Gasteiger partial charge on any atom is 0.316 e. The fraction of sp³-hybridized carbons (Fsp3) is 0.417. The Morgan fingerprint density at radius 1 is 1.33 bits per heavy atom. The van der Waals surface area contributed by atoms with Crippen LogP contribution in [0.4, 0.5) is 10.5 Å². The fourth-order valence-corrected chi connectivity index (χ4v) is 2.50. The van der Waals surface area contributed by atoms with Crippen LogP contribution in [0, 0.1) is 0 Å². The van der Waals surface area contributed by atoms with Crippen LogP contribution in [0.25, 0.3) is 0 Å². The number of carbonyl (C=O) groups excluding carboxylic acids is 1. The van der Waals surface area contributed by atoms with Crippen LogP contribution < -0.4 is 20.5 Å². The molecule has 0 atom stereocenters. The van der Waals surface area contributed by atoms with Crippen molar-refractivity contribution in [1.82, 2.24) is 14.9 Å². The molecule has 0 aromatic heterocycles. The van der Waals surface area contributed by atoms with Gasteiger partial charge < -0.3 is 20.7 Å². The Morgan fingerprint density at radius 3 is 2.57 bits per heavy atom. The second-order valence-electron chi connectivity index (χ2n) is 4.43. The Kier molecular flexibility index (Phi) is 5.79. The van der Waals surface area contributed by atoms with Crippen LogP contribution in [0.5, 0.6) is 5.75 Å². The number of methoxy groups -OCH3 is 1. The number of sulfonamides is 1. The van der Waals surface area contributed by atoms with Crippen LogP contribution in [0.15, 0.2) is 23.1 Å². The number of anilines is 1. The van der Waals surface area contributed by atoms with Crippen molar-refractivity contribution in [3.05, 3.63) is 18.2 Å². The number of hydrogen-bond donors (Lipinski definition) is 3. The summed E-state index contributed by atoms with van der Waals surface area (Å²) in [5, 5.41) is 2.55. The third-order valence-corrected chi connectivity index (χ3v) is 4.07. The molecule has 0 aliphatic carbocycles. The molecule has 0 aliphatic rings. The molecule has 0 spiro atoms. The molecule has 0 bridgehead atoms. The second kappa shape index (κ2) is 7.14. The smallest absolute Gasteiger partial charge is 0.316 e. The normalized spacial score (nSPS) is 11.0. The van der Waals surface area contributed by atoms with Crippen LogP contribution in [-0.2, 0) is 10.0 Å². The van der Waals surface area contributed by atoms with Crippen molar-refractivity contribution in [2.24, 2.45) is 0 Å². The van der Waals surface area contributed by atoms with Gasteiger partial charge in [0.25, 0.3) is 0 Å². The summed E-state index contributed by atoms with van der Waals surface area (Å²) in [4.78, 5) is 12.7. The van der Waals surface area contributed by atoms with E-state index in [2.05, 4.69) is 10.0 Å². The number of urea groups is 1. The molecular weight excluding hydrogens is 296 g/mol. The lowest BCUT2D eigenvalue weighted by molar-refractivity contribution is 0.217. The Balaban J connectivity index is 2.64. The highest BCUT2D eigenvalue weighted by atomic mass is 32.2. The number of nitrogen functional groups attached to an aromatic ring is 1. The van der Waals surface area contributed by atoms with Crippen molar-refractivity contribution in [1.29, 1.82) is 0 Å². The largest absolute Gasteiger partial charge is 0.495 e. The lowest BCUT2D eigenvalue weighted by atomic mass is 10.3. The Morgan fingerprint density at radius 2 is 2.00 bits per heavy atom. The molecule has 4 N–H and O–H groups in total. The molecule has 118 valence electrons. The first-order chi connectivity index (χ1) is 9.77. The van der Waals surface area contributed by atoms with Crippen LogP contribution in [0.3, 0.4) is 0 Å². The maximum atomic E-state index is 12.1. The minimum Gasteiger partial charge on any atom is -0.495 e. The molecule has 1 rings (SSSR count). The zero-order chi connectivity index (χ0) is 16.0. The molecule has 21 heavy (non-hydrogen) atoms. The molecule has 8 nitrogen and oxygen atoms in total. The highest BCUT2D eigenvalue weighted by molar-refractivity contribution is 7.89. The average Bonchev–Trinajstić information content (AvgIpc) is 2.43. The Hall–Kier alpha value is -2.00. The average molecular weight is 316 g/mol. The SMILES string of the molecule is COc1cc(S(=O)(=O)NCCNC(=O)N(C)C)ccc1N. The number of hydrogen-bond acceptors (Lipinski definition) is 5. The van der Waals surface area contributed by atoms with Gasteiger partial charge in [-0.15, -0.1) is 0 Å². The number of rotatable bonds is 6.